The van der Waals surface area contributed by atoms with Gasteiger partial charge in [-0.05, 0) is 26.0 Å². The highest BCUT2D eigenvalue weighted by Gasteiger charge is 2.12. The van der Waals surface area contributed by atoms with Crippen molar-refractivity contribution in [3.8, 4) is 0 Å². The summed E-state index contributed by atoms with van der Waals surface area (Å²) in [5.41, 5.74) is 3.53. The lowest BCUT2D eigenvalue weighted by molar-refractivity contribution is -0.113. The monoisotopic (exact) mass is 392 g/mol. The summed E-state index contributed by atoms with van der Waals surface area (Å²) >= 11 is 2.53. The number of hydrogen-bond donors (Lipinski definition) is 3. The van der Waals surface area contributed by atoms with E-state index in [2.05, 4.69) is 31.0 Å². The lowest BCUT2D eigenvalue weighted by atomic mass is 10.4. The molecule has 10 nitrogen and oxygen atoms in total. The van der Waals surface area contributed by atoms with Crippen molar-refractivity contribution < 1.29 is 9.21 Å². The molecule has 0 spiro atoms. The first-order valence-corrected chi connectivity index (χ1v) is 9.28. The third-order valence-corrected chi connectivity index (χ3v) is 4.80. The number of thiazole rings is 1. The number of nitrogens with two attached hydrogens (primary N) is 1. The molecule has 0 aromatic carbocycles. The maximum atomic E-state index is 11.9. The highest BCUT2D eigenvalue weighted by Crippen LogP contribution is 2.18. The van der Waals surface area contributed by atoms with E-state index in [1.54, 1.807) is 6.07 Å². The average Bonchev–Trinajstić information content (AvgIpc) is 3.29. The Morgan fingerprint density at radius 3 is 3.00 bits per heavy atom. The number of amides is 1. The van der Waals surface area contributed by atoms with Crippen LogP contribution in [0, 0.1) is 13.8 Å². The van der Waals surface area contributed by atoms with Crippen LogP contribution in [-0.2, 0) is 4.79 Å². The number of carbonyl (C=O) groups is 1. The van der Waals surface area contributed by atoms with E-state index in [0.717, 1.165) is 23.2 Å². The van der Waals surface area contributed by atoms with Gasteiger partial charge in [0.1, 0.15) is 11.5 Å². The van der Waals surface area contributed by atoms with Gasteiger partial charge in [-0.15, -0.1) is 21.5 Å². The summed E-state index contributed by atoms with van der Waals surface area (Å²) in [6, 6.07) is 3.62. The Bertz CT molecular complexity index is 929. The van der Waals surface area contributed by atoms with Crippen molar-refractivity contribution in [1.29, 1.82) is 0 Å². The molecule has 0 aliphatic carbocycles. The predicted octanol–water partition coefficient (Wildman–Crippen LogP) is 1.84. The second-order valence-electron chi connectivity index (χ2n) is 5.13. The number of thioether (sulfide) groups is 1. The zero-order valence-corrected chi connectivity index (χ0v) is 15.6. The van der Waals surface area contributed by atoms with Gasteiger partial charge in [-0.3, -0.25) is 4.79 Å². The Balaban J connectivity index is 1.51. The topological polar surface area (TPSA) is 136 Å². The minimum Gasteiger partial charge on any atom is -0.460 e. The normalized spacial score (nSPS) is 11.2. The largest absolute Gasteiger partial charge is 0.460 e. The third-order valence-electron chi connectivity index (χ3n) is 2.98. The fourth-order valence-corrected chi connectivity index (χ4v) is 3.19. The molecule has 3 heterocycles. The summed E-state index contributed by atoms with van der Waals surface area (Å²) in [7, 11) is 0. The van der Waals surface area contributed by atoms with E-state index in [-0.39, 0.29) is 17.6 Å². The third kappa shape index (κ3) is 4.61. The number of aryl methyl sites for hydroxylation is 2. The van der Waals surface area contributed by atoms with Crippen LogP contribution in [0.4, 0.5) is 11.1 Å². The molecule has 0 atom stereocenters. The number of anilines is 2. The second kappa shape index (κ2) is 8.01. The first-order valence-electron chi connectivity index (χ1n) is 7.42. The van der Waals surface area contributed by atoms with Gasteiger partial charge in [0.05, 0.1) is 17.7 Å². The summed E-state index contributed by atoms with van der Waals surface area (Å²) in [5.74, 6) is 7.45. The summed E-state index contributed by atoms with van der Waals surface area (Å²) in [6.45, 7) is 3.71. The van der Waals surface area contributed by atoms with E-state index in [1.165, 1.54) is 22.2 Å². The first-order chi connectivity index (χ1) is 12.5. The molecule has 3 aromatic rings. The van der Waals surface area contributed by atoms with Crippen molar-refractivity contribution in [3.63, 3.8) is 0 Å². The Morgan fingerprint density at radius 2 is 2.31 bits per heavy atom. The van der Waals surface area contributed by atoms with E-state index in [4.69, 9.17) is 10.3 Å². The number of aromatic nitrogens is 4. The molecule has 136 valence electrons. The van der Waals surface area contributed by atoms with Crippen molar-refractivity contribution in [3.05, 3.63) is 34.7 Å². The molecular formula is C14H16N8O2S2. The van der Waals surface area contributed by atoms with Crippen LogP contribution in [0.3, 0.4) is 0 Å². The van der Waals surface area contributed by atoms with Gasteiger partial charge in [-0.2, -0.15) is 5.10 Å². The molecule has 0 aliphatic rings. The molecule has 12 heteroatoms. The molecule has 4 N–H and O–H groups in total. The molecule has 0 fully saturated rings. The zero-order chi connectivity index (χ0) is 18.5. The number of rotatable bonds is 7. The van der Waals surface area contributed by atoms with E-state index in [9.17, 15) is 4.79 Å². The van der Waals surface area contributed by atoms with Gasteiger partial charge in [-0.1, -0.05) is 11.8 Å². The number of nitrogens with one attached hydrogen (secondary N) is 2. The quantitative estimate of drug-likeness (QED) is 0.240. The number of carbonyl (C=O) groups excluding carboxylic acids is 1. The number of hydrazone groups is 1. The number of furan rings is 1. The van der Waals surface area contributed by atoms with Gasteiger partial charge in [0.25, 0.3) is 5.95 Å². The molecule has 0 radical (unpaired) electrons. The van der Waals surface area contributed by atoms with Gasteiger partial charge in [0.2, 0.25) is 11.1 Å². The van der Waals surface area contributed by atoms with E-state index in [0.29, 0.717) is 16.0 Å². The molecular weight excluding hydrogens is 376 g/mol. The highest BCUT2D eigenvalue weighted by atomic mass is 32.2. The maximum Gasteiger partial charge on any atom is 0.264 e. The molecule has 0 saturated carbocycles. The van der Waals surface area contributed by atoms with Gasteiger partial charge in [0, 0.05) is 5.38 Å². The van der Waals surface area contributed by atoms with Crippen molar-refractivity contribution >= 4 is 46.3 Å². The molecule has 0 saturated heterocycles. The SMILES string of the molecule is Cc1csc(NC(=O)CSc2nnc(N/N=C/c3ccc(C)o3)n2N)n1. The van der Waals surface area contributed by atoms with Crippen molar-refractivity contribution in [1.82, 2.24) is 19.9 Å². The van der Waals surface area contributed by atoms with Gasteiger partial charge >= 0.3 is 0 Å². The number of nitrogen functional groups attached to an aromatic ring is 1. The molecule has 0 aliphatic heterocycles. The predicted molar refractivity (Wildman–Crippen MR) is 101 cm³/mol. The Kier molecular flexibility index (Phi) is 5.53. The van der Waals surface area contributed by atoms with Gasteiger partial charge in [0.15, 0.2) is 5.13 Å². The van der Waals surface area contributed by atoms with Crippen molar-refractivity contribution in [2.45, 2.75) is 19.0 Å². The second-order valence-corrected chi connectivity index (χ2v) is 6.93. The Morgan fingerprint density at radius 1 is 1.46 bits per heavy atom. The van der Waals surface area contributed by atoms with Crippen LogP contribution in [0.1, 0.15) is 17.2 Å². The summed E-state index contributed by atoms with van der Waals surface area (Å²) in [6.07, 6.45) is 1.50. The maximum absolute atomic E-state index is 11.9. The van der Waals surface area contributed by atoms with Crippen LogP contribution in [-0.4, -0.2) is 37.7 Å². The summed E-state index contributed by atoms with van der Waals surface area (Å²) < 4.78 is 6.57. The molecule has 3 aromatic heterocycles. The van der Waals surface area contributed by atoms with Crippen LogP contribution >= 0.6 is 23.1 Å². The molecule has 3 rings (SSSR count). The van der Waals surface area contributed by atoms with Crippen LogP contribution in [0.25, 0.3) is 0 Å². The van der Waals surface area contributed by atoms with E-state index < -0.39 is 0 Å². The summed E-state index contributed by atoms with van der Waals surface area (Å²) in [5, 5.41) is 17.3. The summed E-state index contributed by atoms with van der Waals surface area (Å²) in [4.78, 5) is 16.1. The van der Waals surface area contributed by atoms with Gasteiger partial charge in [-0.25, -0.2) is 15.1 Å². The average molecular weight is 392 g/mol. The minimum absolute atomic E-state index is 0.128. The lowest BCUT2D eigenvalue weighted by Crippen LogP contribution is -2.16. The molecule has 26 heavy (non-hydrogen) atoms. The Labute approximate surface area is 156 Å². The smallest absolute Gasteiger partial charge is 0.264 e. The molecule has 1 amide bonds. The van der Waals surface area contributed by atoms with Crippen LogP contribution in [0.2, 0.25) is 0 Å². The van der Waals surface area contributed by atoms with Crippen LogP contribution in [0.15, 0.2) is 32.2 Å². The van der Waals surface area contributed by atoms with Crippen LogP contribution < -0.4 is 16.6 Å². The Hall–Kier alpha value is -2.86. The van der Waals surface area contributed by atoms with Gasteiger partial charge < -0.3 is 15.6 Å². The molecule has 0 bridgehead atoms. The number of hydrogen-bond acceptors (Lipinski definition) is 10. The van der Waals surface area contributed by atoms with Crippen molar-refractivity contribution in [2.24, 2.45) is 5.10 Å². The van der Waals surface area contributed by atoms with E-state index in [1.807, 2.05) is 25.3 Å². The zero-order valence-electron chi connectivity index (χ0n) is 14.0. The lowest BCUT2D eigenvalue weighted by Gasteiger charge is -2.03. The minimum atomic E-state index is -0.201. The fourth-order valence-electron chi connectivity index (χ4n) is 1.82. The standard InChI is InChI=1S/C14H16N8O2S2/c1-8-6-25-13(17-8)18-11(23)7-26-14-21-20-12(22(14)15)19-16-5-10-4-3-9(2)24-10/h3-6H,7,15H2,1-2H3,(H,19,20)(H,17,18,23)/b16-5+. The fraction of sp³-hybridized carbons (Fsp3) is 0.214. The highest BCUT2D eigenvalue weighted by molar-refractivity contribution is 7.99. The first kappa shape index (κ1) is 17.9. The molecule has 0 unspecified atom stereocenters. The van der Waals surface area contributed by atoms with Crippen LogP contribution in [0.5, 0.6) is 0 Å². The number of nitrogens with zero attached hydrogens (tertiary/aromatic N) is 5. The van der Waals surface area contributed by atoms with E-state index >= 15 is 0 Å². The van der Waals surface area contributed by atoms with Crippen molar-refractivity contribution in [2.75, 3.05) is 22.3 Å².